The number of nitrogens with zero attached hydrogens (tertiary/aromatic N) is 1. The number of carbonyl (C=O) groups is 3. The Hall–Kier alpha value is -3.15. The second-order valence-electron chi connectivity index (χ2n) is 7.99. The minimum Gasteiger partial charge on any atom is -0.454 e. The van der Waals surface area contributed by atoms with Crippen LogP contribution >= 0.6 is 0 Å². The van der Waals surface area contributed by atoms with Crippen LogP contribution in [0.1, 0.15) is 48.0 Å². The molecule has 1 aliphatic carbocycles. The van der Waals surface area contributed by atoms with Crippen LogP contribution in [0.15, 0.2) is 60.7 Å². The highest BCUT2D eigenvalue weighted by atomic mass is 16.5. The monoisotopic (exact) mass is 422 g/mol. The number of hydrogen-bond acceptors (Lipinski definition) is 4. The van der Waals surface area contributed by atoms with Gasteiger partial charge in [0.25, 0.3) is 11.8 Å². The second kappa shape index (κ2) is 11.3. The zero-order valence-corrected chi connectivity index (χ0v) is 18.0. The van der Waals surface area contributed by atoms with Gasteiger partial charge in [-0.25, -0.2) is 4.79 Å². The Labute approximate surface area is 183 Å². The van der Waals surface area contributed by atoms with E-state index in [2.05, 4.69) is 5.32 Å². The number of ether oxygens (including phenoxy) is 1. The molecule has 2 aromatic rings. The molecule has 0 aliphatic heterocycles. The second-order valence-corrected chi connectivity index (χ2v) is 7.99. The standard InChI is InChI=1S/C25H30N2O4/c1-27(21-15-9-4-10-16-21)23(28)18-31-25(30)22(17-19-11-5-2-6-12-19)26-24(29)20-13-7-3-8-14-20/h2-3,5-8,11-14,21-22H,4,9-10,15-18H2,1H3,(H,26,29). The molecule has 1 saturated carbocycles. The molecule has 1 aliphatic rings. The van der Waals surface area contributed by atoms with Gasteiger partial charge in [0.1, 0.15) is 6.04 Å². The number of nitrogens with one attached hydrogen (secondary N) is 1. The summed E-state index contributed by atoms with van der Waals surface area (Å²) in [6.07, 6.45) is 5.69. The van der Waals surface area contributed by atoms with Crippen molar-refractivity contribution in [1.82, 2.24) is 10.2 Å². The lowest BCUT2D eigenvalue weighted by Crippen LogP contribution is -2.45. The molecule has 0 aromatic heterocycles. The SMILES string of the molecule is CN(C(=O)COC(=O)C(Cc1ccccc1)NC(=O)c1ccccc1)C1CCCCC1. The highest BCUT2D eigenvalue weighted by molar-refractivity contribution is 5.97. The molecule has 1 fully saturated rings. The van der Waals surface area contributed by atoms with Gasteiger partial charge in [-0.1, -0.05) is 67.8 Å². The summed E-state index contributed by atoms with van der Waals surface area (Å²) in [6, 6.07) is 17.4. The zero-order chi connectivity index (χ0) is 22.1. The molecule has 2 aromatic carbocycles. The fourth-order valence-corrected chi connectivity index (χ4v) is 3.88. The van der Waals surface area contributed by atoms with Gasteiger partial charge < -0.3 is 15.0 Å². The molecule has 164 valence electrons. The Morgan fingerprint density at radius 3 is 2.23 bits per heavy atom. The van der Waals surface area contributed by atoms with Crippen molar-refractivity contribution in [2.45, 2.75) is 50.6 Å². The fraction of sp³-hybridized carbons (Fsp3) is 0.400. The summed E-state index contributed by atoms with van der Waals surface area (Å²) in [6.45, 7) is -0.321. The Morgan fingerprint density at radius 1 is 0.968 bits per heavy atom. The largest absolute Gasteiger partial charge is 0.454 e. The summed E-state index contributed by atoms with van der Waals surface area (Å²) in [4.78, 5) is 39.6. The van der Waals surface area contributed by atoms with Crippen LogP contribution in [-0.4, -0.2) is 48.4 Å². The van der Waals surface area contributed by atoms with Crippen LogP contribution in [0.3, 0.4) is 0 Å². The summed E-state index contributed by atoms with van der Waals surface area (Å²) in [5.74, 6) is -1.18. The lowest BCUT2D eigenvalue weighted by Gasteiger charge is -2.31. The van der Waals surface area contributed by atoms with Crippen molar-refractivity contribution >= 4 is 17.8 Å². The summed E-state index contributed by atoms with van der Waals surface area (Å²) in [5.41, 5.74) is 1.35. The summed E-state index contributed by atoms with van der Waals surface area (Å²) in [7, 11) is 1.77. The van der Waals surface area contributed by atoms with Gasteiger partial charge in [-0.15, -0.1) is 0 Å². The van der Waals surface area contributed by atoms with Crippen LogP contribution in [0.5, 0.6) is 0 Å². The topological polar surface area (TPSA) is 75.7 Å². The first kappa shape index (κ1) is 22.5. The van der Waals surface area contributed by atoms with Crippen molar-refractivity contribution in [1.29, 1.82) is 0 Å². The molecule has 0 radical (unpaired) electrons. The number of likely N-dealkylation sites (N-methyl/N-ethyl adjacent to an activating group) is 1. The quantitative estimate of drug-likeness (QED) is 0.662. The van der Waals surface area contributed by atoms with Gasteiger partial charge in [0.05, 0.1) is 0 Å². The van der Waals surface area contributed by atoms with Gasteiger partial charge in [0.15, 0.2) is 6.61 Å². The smallest absolute Gasteiger partial charge is 0.329 e. The van der Waals surface area contributed by atoms with E-state index in [-0.39, 0.29) is 30.9 Å². The number of carbonyl (C=O) groups excluding carboxylic acids is 3. The molecule has 6 heteroatoms. The predicted octanol–water partition coefficient (Wildman–Crippen LogP) is 3.36. The molecule has 0 bridgehead atoms. The maximum absolute atomic E-state index is 12.8. The molecule has 2 amide bonds. The van der Waals surface area contributed by atoms with E-state index in [1.54, 1.807) is 36.2 Å². The van der Waals surface area contributed by atoms with Gasteiger partial charge in [0, 0.05) is 25.1 Å². The van der Waals surface area contributed by atoms with Crippen molar-refractivity contribution in [2.24, 2.45) is 0 Å². The summed E-state index contributed by atoms with van der Waals surface area (Å²) in [5, 5.41) is 2.76. The van der Waals surface area contributed by atoms with E-state index in [0.717, 1.165) is 31.2 Å². The third-order valence-corrected chi connectivity index (χ3v) is 5.76. The molecule has 0 heterocycles. The molecule has 1 unspecified atom stereocenters. The van der Waals surface area contributed by atoms with E-state index in [1.807, 2.05) is 36.4 Å². The average Bonchev–Trinajstić information content (AvgIpc) is 2.83. The zero-order valence-electron chi connectivity index (χ0n) is 18.0. The Kier molecular flexibility index (Phi) is 8.21. The first-order chi connectivity index (χ1) is 15.0. The Balaban J connectivity index is 1.62. The van der Waals surface area contributed by atoms with Gasteiger partial charge in [-0.05, 0) is 30.5 Å². The van der Waals surface area contributed by atoms with Crippen LogP contribution in [0, 0.1) is 0 Å². The van der Waals surface area contributed by atoms with Gasteiger partial charge in [0.2, 0.25) is 0 Å². The van der Waals surface area contributed by atoms with Gasteiger partial charge in [-0.2, -0.15) is 0 Å². The molecule has 3 rings (SSSR count). The van der Waals surface area contributed by atoms with E-state index < -0.39 is 12.0 Å². The van der Waals surface area contributed by atoms with E-state index >= 15 is 0 Å². The maximum atomic E-state index is 12.8. The lowest BCUT2D eigenvalue weighted by atomic mass is 9.94. The average molecular weight is 423 g/mol. The predicted molar refractivity (Wildman–Crippen MR) is 118 cm³/mol. The van der Waals surface area contributed by atoms with Crippen molar-refractivity contribution in [3.63, 3.8) is 0 Å². The van der Waals surface area contributed by atoms with Gasteiger partial charge >= 0.3 is 5.97 Å². The van der Waals surface area contributed by atoms with E-state index in [0.29, 0.717) is 5.56 Å². The number of amides is 2. The van der Waals surface area contributed by atoms with E-state index in [9.17, 15) is 14.4 Å². The molecule has 31 heavy (non-hydrogen) atoms. The molecular formula is C25H30N2O4. The number of benzene rings is 2. The van der Waals surface area contributed by atoms with Crippen LogP contribution in [0.25, 0.3) is 0 Å². The lowest BCUT2D eigenvalue weighted by molar-refractivity contribution is -0.154. The number of esters is 1. The van der Waals surface area contributed by atoms with Crippen molar-refractivity contribution in [2.75, 3.05) is 13.7 Å². The highest BCUT2D eigenvalue weighted by Crippen LogP contribution is 2.21. The molecule has 6 nitrogen and oxygen atoms in total. The molecule has 0 saturated heterocycles. The van der Waals surface area contributed by atoms with Crippen LogP contribution in [0.4, 0.5) is 0 Å². The number of rotatable bonds is 8. The molecular weight excluding hydrogens is 392 g/mol. The van der Waals surface area contributed by atoms with Crippen LogP contribution in [0.2, 0.25) is 0 Å². The highest BCUT2D eigenvalue weighted by Gasteiger charge is 2.26. The minimum absolute atomic E-state index is 0.206. The Morgan fingerprint density at radius 2 is 1.58 bits per heavy atom. The van der Waals surface area contributed by atoms with Crippen LogP contribution in [-0.2, 0) is 20.7 Å². The normalized spacial score (nSPS) is 15.0. The van der Waals surface area contributed by atoms with Crippen LogP contribution < -0.4 is 5.32 Å². The first-order valence-electron chi connectivity index (χ1n) is 10.9. The molecule has 1 N–H and O–H groups in total. The summed E-state index contributed by atoms with van der Waals surface area (Å²) >= 11 is 0. The van der Waals surface area contributed by atoms with Gasteiger partial charge in [-0.3, -0.25) is 9.59 Å². The Bertz CT molecular complexity index is 864. The minimum atomic E-state index is -0.886. The van der Waals surface area contributed by atoms with Crippen molar-refractivity contribution < 1.29 is 19.1 Å². The molecule has 1 atom stereocenters. The van der Waals surface area contributed by atoms with Crippen molar-refractivity contribution in [3.05, 3.63) is 71.8 Å². The third kappa shape index (κ3) is 6.67. The number of hydrogen-bond donors (Lipinski definition) is 1. The molecule has 0 spiro atoms. The maximum Gasteiger partial charge on any atom is 0.329 e. The fourth-order valence-electron chi connectivity index (χ4n) is 3.88. The first-order valence-corrected chi connectivity index (χ1v) is 10.9. The van der Waals surface area contributed by atoms with Crippen molar-refractivity contribution in [3.8, 4) is 0 Å². The van der Waals surface area contributed by atoms with E-state index in [1.165, 1.54) is 6.42 Å². The van der Waals surface area contributed by atoms with E-state index in [4.69, 9.17) is 4.74 Å². The third-order valence-electron chi connectivity index (χ3n) is 5.76. The summed E-state index contributed by atoms with van der Waals surface area (Å²) < 4.78 is 5.34.